The highest BCUT2D eigenvalue weighted by molar-refractivity contribution is 7.92. The molecule has 0 aromatic heterocycles. The lowest BCUT2D eigenvalue weighted by Gasteiger charge is -2.13. The number of ether oxygens (including phenoxy) is 2. The first kappa shape index (κ1) is 19.1. The van der Waals surface area contributed by atoms with Gasteiger partial charge in [-0.1, -0.05) is 48.5 Å². The quantitative estimate of drug-likeness (QED) is 0.689. The Morgan fingerprint density at radius 2 is 1.76 bits per heavy atom. The van der Waals surface area contributed by atoms with Gasteiger partial charge in [-0.15, -0.1) is 0 Å². The zero-order chi connectivity index (χ0) is 20.4. The number of nitrogens with one attached hydrogen (secondary N) is 1. The lowest BCUT2D eigenvalue weighted by molar-refractivity contribution is 0.285. The fraction of sp³-hybridized carbons (Fsp3) is 0.130. The molecule has 1 heterocycles. The van der Waals surface area contributed by atoms with Gasteiger partial charge in [-0.05, 0) is 46.5 Å². The monoisotopic (exact) mass is 407 g/mol. The zero-order valence-electron chi connectivity index (χ0n) is 16.2. The highest BCUT2D eigenvalue weighted by atomic mass is 32.2. The number of benzene rings is 3. The Balaban J connectivity index is 1.90. The SMILES string of the molecule is COc1cccc2c1OCc1ccccc1/C2=C\c1cccc(NS(C)(=O)=O)c1. The average molecular weight is 407 g/mol. The first-order valence-electron chi connectivity index (χ1n) is 9.12. The zero-order valence-corrected chi connectivity index (χ0v) is 17.0. The molecule has 0 atom stereocenters. The van der Waals surface area contributed by atoms with Crippen molar-refractivity contribution in [3.63, 3.8) is 0 Å². The van der Waals surface area contributed by atoms with Crippen molar-refractivity contribution in [2.24, 2.45) is 0 Å². The molecule has 0 bridgehead atoms. The standard InChI is InChI=1S/C23H21NO4S/c1-27-22-12-6-11-20-21(19-10-4-3-8-17(19)15-28-23(20)22)14-16-7-5-9-18(13-16)24-29(2,25)26/h3-14,24H,15H2,1-2H3/b21-14+. The first-order chi connectivity index (χ1) is 13.9. The number of anilines is 1. The summed E-state index contributed by atoms with van der Waals surface area (Å²) in [7, 11) is -1.72. The van der Waals surface area contributed by atoms with Gasteiger partial charge in [0.2, 0.25) is 10.0 Å². The maximum atomic E-state index is 11.6. The van der Waals surface area contributed by atoms with E-state index in [0.717, 1.165) is 34.1 Å². The molecule has 6 heteroatoms. The minimum Gasteiger partial charge on any atom is -0.493 e. The van der Waals surface area contributed by atoms with Gasteiger partial charge in [0, 0.05) is 11.3 Å². The summed E-state index contributed by atoms with van der Waals surface area (Å²) in [5.41, 5.74) is 5.45. The Hall–Kier alpha value is -3.25. The van der Waals surface area contributed by atoms with E-state index in [4.69, 9.17) is 9.47 Å². The van der Waals surface area contributed by atoms with Crippen LogP contribution in [0.2, 0.25) is 0 Å². The summed E-state index contributed by atoms with van der Waals surface area (Å²) in [6.07, 6.45) is 3.18. The molecule has 3 aromatic rings. The van der Waals surface area contributed by atoms with Gasteiger partial charge in [0.1, 0.15) is 6.61 Å². The third kappa shape index (κ3) is 4.12. The van der Waals surface area contributed by atoms with Crippen molar-refractivity contribution >= 4 is 27.4 Å². The molecule has 0 spiro atoms. The minimum atomic E-state index is -3.35. The molecule has 4 rings (SSSR count). The van der Waals surface area contributed by atoms with Gasteiger partial charge < -0.3 is 9.47 Å². The molecule has 0 unspecified atom stereocenters. The van der Waals surface area contributed by atoms with Crippen LogP contribution in [0.1, 0.15) is 22.3 Å². The number of rotatable bonds is 4. The molecular weight excluding hydrogens is 386 g/mol. The second kappa shape index (κ2) is 7.64. The van der Waals surface area contributed by atoms with E-state index in [1.165, 1.54) is 0 Å². The van der Waals surface area contributed by atoms with E-state index >= 15 is 0 Å². The molecule has 1 aliphatic rings. The molecule has 29 heavy (non-hydrogen) atoms. The van der Waals surface area contributed by atoms with E-state index in [1.807, 2.05) is 60.7 Å². The van der Waals surface area contributed by atoms with Crippen molar-refractivity contribution in [3.05, 3.63) is 89.0 Å². The number of methoxy groups -OCH3 is 1. The Kier molecular flexibility index (Phi) is 5.03. The summed E-state index contributed by atoms with van der Waals surface area (Å²) in [6, 6.07) is 21.2. The molecule has 0 fully saturated rings. The number of sulfonamides is 1. The maximum Gasteiger partial charge on any atom is 0.229 e. The Morgan fingerprint density at radius 1 is 1.00 bits per heavy atom. The van der Waals surface area contributed by atoms with Crippen molar-refractivity contribution in [1.82, 2.24) is 0 Å². The molecule has 3 aromatic carbocycles. The minimum absolute atomic E-state index is 0.441. The van der Waals surface area contributed by atoms with Gasteiger partial charge in [0.25, 0.3) is 0 Å². The molecule has 0 aliphatic carbocycles. The molecule has 1 aliphatic heterocycles. The van der Waals surface area contributed by atoms with Crippen LogP contribution in [0.5, 0.6) is 11.5 Å². The van der Waals surface area contributed by atoms with Crippen LogP contribution in [-0.4, -0.2) is 21.8 Å². The molecular formula is C23H21NO4S. The second-order valence-electron chi connectivity index (χ2n) is 6.84. The third-order valence-corrected chi connectivity index (χ3v) is 5.28. The number of hydrogen-bond donors (Lipinski definition) is 1. The predicted octanol–water partition coefficient (Wildman–Crippen LogP) is 4.55. The molecule has 148 valence electrons. The van der Waals surface area contributed by atoms with Gasteiger partial charge in [0.15, 0.2) is 11.5 Å². The van der Waals surface area contributed by atoms with Crippen molar-refractivity contribution in [3.8, 4) is 11.5 Å². The lowest BCUT2D eigenvalue weighted by Crippen LogP contribution is -2.09. The summed E-state index contributed by atoms with van der Waals surface area (Å²) in [5, 5.41) is 0. The van der Waals surface area contributed by atoms with Crippen LogP contribution in [0.4, 0.5) is 5.69 Å². The Bertz CT molecular complexity index is 1200. The second-order valence-corrected chi connectivity index (χ2v) is 8.59. The summed E-state index contributed by atoms with van der Waals surface area (Å²) < 4.78 is 37.3. The van der Waals surface area contributed by atoms with Crippen LogP contribution in [-0.2, 0) is 16.6 Å². The molecule has 0 saturated heterocycles. The first-order valence-corrected chi connectivity index (χ1v) is 11.0. The summed E-state index contributed by atoms with van der Waals surface area (Å²) in [6.45, 7) is 0.441. The van der Waals surface area contributed by atoms with Crippen molar-refractivity contribution in [2.75, 3.05) is 18.1 Å². The predicted molar refractivity (Wildman–Crippen MR) is 116 cm³/mol. The summed E-state index contributed by atoms with van der Waals surface area (Å²) in [4.78, 5) is 0. The van der Waals surface area contributed by atoms with Crippen molar-refractivity contribution in [1.29, 1.82) is 0 Å². The molecule has 5 nitrogen and oxygen atoms in total. The fourth-order valence-electron chi connectivity index (χ4n) is 3.47. The van der Waals surface area contributed by atoms with E-state index < -0.39 is 10.0 Å². The highest BCUT2D eigenvalue weighted by Crippen LogP contribution is 2.42. The van der Waals surface area contributed by atoms with Gasteiger partial charge in [-0.2, -0.15) is 0 Å². The van der Waals surface area contributed by atoms with Crippen LogP contribution < -0.4 is 14.2 Å². The largest absolute Gasteiger partial charge is 0.493 e. The lowest BCUT2D eigenvalue weighted by atomic mass is 9.92. The van der Waals surface area contributed by atoms with Gasteiger partial charge in [-0.3, -0.25) is 4.72 Å². The van der Waals surface area contributed by atoms with Crippen LogP contribution in [0, 0.1) is 0 Å². The molecule has 1 N–H and O–H groups in total. The third-order valence-electron chi connectivity index (χ3n) is 4.67. The van der Waals surface area contributed by atoms with Gasteiger partial charge in [0.05, 0.1) is 13.4 Å². The normalized spacial score (nSPS) is 14.3. The Labute approximate surface area is 170 Å². The van der Waals surface area contributed by atoms with Gasteiger partial charge in [-0.25, -0.2) is 8.42 Å². The molecule has 0 saturated carbocycles. The van der Waals surface area contributed by atoms with Crippen molar-refractivity contribution in [2.45, 2.75) is 6.61 Å². The van der Waals surface area contributed by atoms with Crippen LogP contribution in [0.15, 0.2) is 66.7 Å². The molecule has 0 amide bonds. The summed E-state index contributed by atoms with van der Waals surface area (Å²) in [5.74, 6) is 1.37. The van der Waals surface area contributed by atoms with Crippen molar-refractivity contribution < 1.29 is 17.9 Å². The van der Waals surface area contributed by atoms with E-state index in [2.05, 4.69) is 10.8 Å². The topological polar surface area (TPSA) is 64.6 Å². The summed E-state index contributed by atoms with van der Waals surface area (Å²) >= 11 is 0. The fourth-order valence-corrected chi connectivity index (χ4v) is 4.02. The van der Waals surface area contributed by atoms with Gasteiger partial charge >= 0.3 is 0 Å². The molecule has 0 radical (unpaired) electrons. The average Bonchev–Trinajstić information content (AvgIpc) is 2.84. The van der Waals surface area contributed by atoms with E-state index in [9.17, 15) is 8.42 Å². The number of fused-ring (bicyclic) bond motifs is 2. The number of para-hydroxylation sites is 1. The van der Waals surface area contributed by atoms with Crippen LogP contribution in [0.3, 0.4) is 0 Å². The van der Waals surface area contributed by atoms with Crippen LogP contribution in [0.25, 0.3) is 11.6 Å². The van der Waals surface area contributed by atoms with E-state index in [-0.39, 0.29) is 0 Å². The number of hydrogen-bond acceptors (Lipinski definition) is 4. The maximum absolute atomic E-state index is 11.6. The van der Waals surface area contributed by atoms with E-state index in [0.29, 0.717) is 23.8 Å². The smallest absolute Gasteiger partial charge is 0.229 e. The highest BCUT2D eigenvalue weighted by Gasteiger charge is 2.21. The van der Waals surface area contributed by atoms with E-state index in [1.54, 1.807) is 13.2 Å². The van der Waals surface area contributed by atoms with Crippen LogP contribution >= 0.6 is 0 Å². The Morgan fingerprint density at radius 3 is 2.55 bits per heavy atom.